The van der Waals surface area contributed by atoms with Crippen molar-refractivity contribution in [2.45, 2.75) is 31.8 Å². The molecular weight excluding hydrogens is 260 g/mol. The summed E-state index contributed by atoms with van der Waals surface area (Å²) in [4.78, 5) is 15.7. The molecule has 0 unspecified atom stereocenters. The molecule has 0 saturated carbocycles. The second kappa shape index (κ2) is 7.62. The van der Waals surface area contributed by atoms with Crippen molar-refractivity contribution >= 4 is 17.2 Å². The number of nitrogens with zero attached hydrogens (tertiary/aromatic N) is 1. The molecule has 1 N–H and O–H groups in total. The van der Waals surface area contributed by atoms with Crippen LogP contribution in [-0.2, 0) is 16.1 Å². The Bertz CT molecular complexity index is 375. The molecule has 2 rings (SSSR count). The van der Waals surface area contributed by atoms with E-state index in [2.05, 4.69) is 11.4 Å². The molecule has 106 valence electrons. The van der Waals surface area contributed by atoms with E-state index in [9.17, 15) is 4.79 Å². The Morgan fingerprint density at radius 2 is 2.47 bits per heavy atom. The largest absolute Gasteiger partial charge is 0.383 e. The zero-order valence-corrected chi connectivity index (χ0v) is 12.2. The van der Waals surface area contributed by atoms with E-state index in [1.165, 1.54) is 11.3 Å². The summed E-state index contributed by atoms with van der Waals surface area (Å²) in [5.74, 6) is 0.213. The molecule has 2 heterocycles. The van der Waals surface area contributed by atoms with Gasteiger partial charge in [-0.3, -0.25) is 4.79 Å². The lowest BCUT2D eigenvalue weighted by atomic mass is 10.0. The van der Waals surface area contributed by atoms with Crippen LogP contribution in [-0.4, -0.2) is 43.7 Å². The van der Waals surface area contributed by atoms with Crippen molar-refractivity contribution in [1.29, 1.82) is 0 Å². The van der Waals surface area contributed by atoms with Crippen LogP contribution in [0.25, 0.3) is 0 Å². The van der Waals surface area contributed by atoms with Gasteiger partial charge in [0.2, 0.25) is 5.91 Å². The van der Waals surface area contributed by atoms with Crippen LogP contribution in [0.2, 0.25) is 0 Å². The van der Waals surface area contributed by atoms with E-state index in [1.54, 1.807) is 18.4 Å². The second-order valence-corrected chi connectivity index (χ2v) is 5.87. The first-order valence-electron chi connectivity index (χ1n) is 6.84. The highest BCUT2D eigenvalue weighted by Gasteiger charge is 2.25. The van der Waals surface area contributed by atoms with Crippen molar-refractivity contribution in [3.63, 3.8) is 0 Å². The maximum atomic E-state index is 12.5. The van der Waals surface area contributed by atoms with Gasteiger partial charge in [-0.15, -0.1) is 11.3 Å². The van der Waals surface area contributed by atoms with E-state index in [1.807, 2.05) is 16.3 Å². The number of hydrogen-bond acceptors (Lipinski definition) is 4. The lowest BCUT2D eigenvalue weighted by molar-refractivity contribution is -0.135. The van der Waals surface area contributed by atoms with Gasteiger partial charge < -0.3 is 15.0 Å². The van der Waals surface area contributed by atoms with E-state index in [0.717, 1.165) is 19.4 Å². The average Bonchev–Trinajstić information content (AvgIpc) is 2.96. The number of piperidine rings is 1. The summed E-state index contributed by atoms with van der Waals surface area (Å²) in [5.41, 5.74) is 0. The summed E-state index contributed by atoms with van der Waals surface area (Å²) >= 11 is 1.69. The molecular formula is C14H22N2O2S. The fraction of sp³-hybridized carbons (Fsp3) is 0.643. The van der Waals surface area contributed by atoms with Gasteiger partial charge >= 0.3 is 0 Å². The van der Waals surface area contributed by atoms with Gasteiger partial charge in [-0.1, -0.05) is 12.5 Å². The summed E-state index contributed by atoms with van der Waals surface area (Å²) in [6, 6.07) is 4.09. The van der Waals surface area contributed by atoms with Gasteiger partial charge in [-0.05, 0) is 30.8 Å². The molecule has 1 amide bonds. The predicted octanol–water partition coefficient (Wildman–Crippen LogP) is 1.87. The topological polar surface area (TPSA) is 41.6 Å². The summed E-state index contributed by atoms with van der Waals surface area (Å²) in [7, 11) is 1.67. The molecule has 0 radical (unpaired) electrons. The molecule has 1 fully saturated rings. The van der Waals surface area contributed by atoms with Gasteiger partial charge in [0.05, 0.1) is 19.2 Å². The molecule has 0 aromatic carbocycles. The first kappa shape index (κ1) is 14.5. The SMILES string of the molecule is COCCN(Cc1cccs1)C(=O)[C@H]1CCCCN1. The number of carbonyl (C=O) groups is 1. The monoisotopic (exact) mass is 282 g/mol. The number of carbonyl (C=O) groups excluding carboxylic acids is 1. The summed E-state index contributed by atoms with van der Waals surface area (Å²) < 4.78 is 5.12. The zero-order valence-electron chi connectivity index (χ0n) is 11.4. The van der Waals surface area contributed by atoms with Gasteiger partial charge in [0.15, 0.2) is 0 Å². The number of ether oxygens (including phenoxy) is 1. The molecule has 1 aliphatic heterocycles. The highest BCUT2D eigenvalue weighted by atomic mass is 32.1. The summed E-state index contributed by atoms with van der Waals surface area (Å²) in [6.45, 7) is 2.89. The van der Waals surface area contributed by atoms with Crippen LogP contribution in [0.4, 0.5) is 0 Å². The van der Waals surface area contributed by atoms with Crippen LogP contribution in [0.15, 0.2) is 17.5 Å². The molecule has 1 aromatic heterocycles. The maximum Gasteiger partial charge on any atom is 0.240 e. The lowest BCUT2D eigenvalue weighted by Gasteiger charge is -2.29. The fourth-order valence-electron chi connectivity index (χ4n) is 2.34. The van der Waals surface area contributed by atoms with Gasteiger partial charge in [0, 0.05) is 18.5 Å². The molecule has 0 spiro atoms. The van der Waals surface area contributed by atoms with E-state index in [4.69, 9.17) is 4.74 Å². The van der Waals surface area contributed by atoms with E-state index >= 15 is 0 Å². The zero-order chi connectivity index (χ0) is 13.5. The molecule has 1 saturated heterocycles. The van der Waals surface area contributed by atoms with Gasteiger partial charge in [0.25, 0.3) is 0 Å². The minimum absolute atomic E-state index is 0.00873. The van der Waals surface area contributed by atoms with E-state index in [0.29, 0.717) is 19.7 Å². The fourth-order valence-corrected chi connectivity index (χ4v) is 3.06. The van der Waals surface area contributed by atoms with Crippen LogP contribution in [0, 0.1) is 0 Å². The Balaban J connectivity index is 1.96. The summed E-state index contributed by atoms with van der Waals surface area (Å²) in [5, 5.41) is 5.38. The van der Waals surface area contributed by atoms with E-state index in [-0.39, 0.29) is 11.9 Å². The molecule has 0 bridgehead atoms. The van der Waals surface area contributed by atoms with Crippen LogP contribution in [0.3, 0.4) is 0 Å². The molecule has 19 heavy (non-hydrogen) atoms. The Morgan fingerprint density at radius 3 is 3.11 bits per heavy atom. The smallest absolute Gasteiger partial charge is 0.240 e. The van der Waals surface area contributed by atoms with Crippen LogP contribution in [0.5, 0.6) is 0 Å². The van der Waals surface area contributed by atoms with Crippen LogP contribution < -0.4 is 5.32 Å². The molecule has 4 nitrogen and oxygen atoms in total. The lowest BCUT2D eigenvalue weighted by Crippen LogP contribution is -2.49. The normalized spacial score (nSPS) is 19.3. The Kier molecular flexibility index (Phi) is 5.82. The maximum absolute atomic E-state index is 12.5. The first-order valence-corrected chi connectivity index (χ1v) is 7.72. The van der Waals surface area contributed by atoms with Crippen molar-refractivity contribution in [1.82, 2.24) is 10.2 Å². The van der Waals surface area contributed by atoms with E-state index < -0.39 is 0 Å². The first-order chi connectivity index (χ1) is 9.31. The quantitative estimate of drug-likeness (QED) is 0.866. The Hall–Kier alpha value is -0.910. The number of hydrogen-bond donors (Lipinski definition) is 1. The Morgan fingerprint density at radius 1 is 1.58 bits per heavy atom. The third kappa shape index (κ3) is 4.30. The van der Waals surface area contributed by atoms with Gasteiger partial charge in [0.1, 0.15) is 0 Å². The van der Waals surface area contributed by atoms with Crippen molar-refractivity contribution in [2.75, 3.05) is 26.8 Å². The highest BCUT2D eigenvalue weighted by Crippen LogP contribution is 2.15. The predicted molar refractivity (Wildman–Crippen MR) is 77.3 cm³/mol. The number of nitrogens with one attached hydrogen (secondary N) is 1. The van der Waals surface area contributed by atoms with Crippen molar-refractivity contribution in [3.05, 3.63) is 22.4 Å². The van der Waals surface area contributed by atoms with Crippen LogP contribution in [0.1, 0.15) is 24.1 Å². The highest BCUT2D eigenvalue weighted by molar-refractivity contribution is 7.09. The third-order valence-corrected chi connectivity index (χ3v) is 4.27. The van der Waals surface area contributed by atoms with Gasteiger partial charge in [-0.25, -0.2) is 0 Å². The number of methoxy groups -OCH3 is 1. The second-order valence-electron chi connectivity index (χ2n) is 4.83. The molecule has 1 atom stereocenters. The van der Waals surface area contributed by atoms with Crippen molar-refractivity contribution < 1.29 is 9.53 Å². The van der Waals surface area contributed by atoms with Gasteiger partial charge in [-0.2, -0.15) is 0 Å². The standard InChI is InChI=1S/C14H22N2O2S/c1-18-9-8-16(11-12-5-4-10-19-12)14(17)13-6-2-3-7-15-13/h4-5,10,13,15H,2-3,6-9,11H2,1H3/t13-/m1/s1. The third-order valence-electron chi connectivity index (χ3n) is 3.41. The molecule has 1 aromatic rings. The van der Waals surface area contributed by atoms with Crippen molar-refractivity contribution in [2.24, 2.45) is 0 Å². The number of thiophene rings is 1. The number of amides is 1. The Labute approximate surface area is 118 Å². The minimum atomic E-state index is -0.00873. The number of rotatable bonds is 6. The molecule has 1 aliphatic rings. The molecule has 5 heteroatoms. The average molecular weight is 282 g/mol. The minimum Gasteiger partial charge on any atom is -0.383 e. The summed E-state index contributed by atoms with van der Waals surface area (Å²) in [6.07, 6.45) is 3.26. The van der Waals surface area contributed by atoms with Crippen LogP contribution >= 0.6 is 11.3 Å². The van der Waals surface area contributed by atoms with Crippen molar-refractivity contribution in [3.8, 4) is 0 Å². The molecule has 0 aliphatic carbocycles.